The molecule has 0 aromatic heterocycles. The zero-order valence-electron chi connectivity index (χ0n) is 10.2. The Kier molecular flexibility index (Phi) is 5.77. The summed E-state index contributed by atoms with van der Waals surface area (Å²) in [5, 5.41) is 0. The first-order chi connectivity index (χ1) is 6.41. The summed E-state index contributed by atoms with van der Waals surface area (Å²) in [6, 6.07) is 0. The van der Waals surface area contributed by atoms with Crippen LogP contribution >= 0.6 is 0 Å². The van der Waals surface area contributed by atoms with Crippen LogP contribution in [0.1, 0.15) is 47.5 Å². The lowest BCUT2D eigenvalue weighted by atomic mass is 9.80. The van der Waals surface area contributed by atoms with E-state index in [0.29, 0.717) is 11.3 Å². The van der Waals surface area contributed by atoms with Crippen molar-refractivity contribution in [2.75, 3.05) is 6.54 Å². The van der Waals surface area contributed by atoms with Gasteiger partial charge in [-0.1, -0.05) is 34.6 Å². The van der Waals surface area contributed by atoms with Crippen LogP contribution in [0.25, 0.3) is 0 Å². The van der Waals surface area contributed by atoms with E-state index in [0.717, 1.165) is 25.2 Å². The van der Waals surface area contributed by atoms with E-state index < -0.39 is 0 Å². The highest BCUT2D eigenvalue weighted by molar-refractivity contribution is 5.81. The second-order valence-electron chi connectivity index (χ2n) is 4.94. The first-order valence-corrected chi connectivity index (χ1v) is 5.41. The Balaban J connectivity index is 4.18. The molecule has 3 heteroatoms. The summed E-state index contributed by atoms with van der Waals surface area (Å²) in [6.07, 6.45) is 2.00. The van der Waals surface area contributed by atoms with Crippen LogP contribution in [0.15, 0.2) is 4.99 Å². The van der Waals surface area contributed by atoms with Crippen molar-refractivity contribution >= 4 is 5.84 Å². The van der Waals surface area contributed by atoms with E-state index in [1.54, 1.807) is 0 Å². The van der Waals surface area contributed by atoms with Crippen LogP contribution in [0.4, 0.5) is 0 Å². The van der Waals surface area contributed by atoms with Gasteiger partial charge in [0, 0.05) is 13.0 Å². The van der Waals surface area contributed by atoms with E-state index in [1.807, 2.05) is 0 Å². The van der Waals surface area contributed by atoms with Crippen molar-refractivity contribution in [2.45, 2.75) is 47.5 Å². The third kappa shape index (κ3) is 5.22. The summed E-state index contributed by atoms with van der Waals surface area (Å²) in [5.74, 6) is 6.93. The molecule has 0 rings (SSSR count). The first kappa shape index (κ1) is 13.4. The summed E-state index contributed by atoms with van der Waals surface area (Å²) >= 11 is 0. The van der Waals surface area contributed by atoms with Crippen LogP contribution in [0.3, 0.4) is 0 Å². The predicted molar refractivity (Wildman–Crippen MR) is 63.2 cm³/mol. The summed E-state index contributed by atoms with van der Waals surface area (Å²) in [5.41, 5.74) is 3.00. The molecule has 0 spiro atoms. The molecule has 0 amide bonds. The van der Waals surface area contributed by atoms with Crippen LogP contribution in [-0.2, 0) is 0 Å². The largest absolute Gasteiger partial charge is 0.312 e. The highest BCUT2D eigenvalue weighted by Gasteiger charge is 2.21. The van der Waals surface area contributed by atoms with Crippen LogP contribution in [0.5, 0.6) is 0 Å². The Hall–Kier alpha value is -0.570. The highest BCUT2D eigenvalue weighted by atomic mass is 15.2. The van der Waals surface area contributed by atoms with Gasteiger partial charge in [-0.05, 0) is 17.8 Å². The number of rotatable bonds is 4. The molecule has 3 N–H and O–H groups in total. The van der Waals surface area contributed by atoms with Crippen molar-refractivity contribution in [2.24, 2.45) is 22.2 Å². The smallest absolute Gasteiger partial charge is 0.111 e. The van der Waals surface area contributed by atoms with Crippen LogP contribution in [-0.4, -0.2) is 12.4 Å². The number of nitrogens with two attached hydrogens (primary N) is 1. The monoisotopic (exact) mass is 199 g/mol. The molecular weight excluding hydrogens is 174 g/mol. The molecular formula is C11H25N3. The molecule has 0 radical (unpaired) electrons. The van der Waals surface area contributed by atoms with Crippen molar-refractivity contribution in [3.8, 4) is 0 Å². The molecule has 0 saturated heterocycles. The second-order valence-corrected chi connectivity index (χ2v) is 4.94. The van der Waals surface area contributed by atoms with Crippen LogP contribution < -0.4 is 11.3 Å². The van der Waals surface area contributed by atoms with E-state index in [1.165, 1.54) is 0 Å². The molecule has 0 aromatic rings. The summed E-state index contributed by atoms with van der Waals surface area (Å²) in [4.78, 5) is 4.39. The van der Waals surface area contributed by atoms with Crippen molar-refractivity contribution in [3.63, 3.8) is 0 Å². The third-order valence-corrected chi connectivity index (χ3v) is 2.67. The van der Waals surface area contributed by atoms with Gasteiger partial charge in [0.05, 0.1) is 0 Å². The van der Waals surface area contributed by atoms with Crippen molar-refractivity contribution in [1.82, 2.24) is 5.43 Å². The minimum atomic E-state index is 0.309. The number of hydrogen-bond donors (Lipinski definition) is 2. The molecule has 14 heavy (non-hydrogen) atoms. The Morgan fingerprint density at radius 1 is 1.43 bits per heavy atom. The van der Waals surface area contributed by atoms with Gasteiger partial charge in [0.25, 0.3) is 0 Å². The molecule has 0 saturated carbocycles. The maximum Gasteiger partial charge on any atom is 0.111 e. The van der Waals surface area contributed by atoms with Gasteiger partial charge in [-0.25, -0.2) is 5.84 Å². The maximum atomic E-state index is 5.42. The standard InChI is InChI=1S/C11H25N3/c1-6-7-13-10(14-12)8-9(2)11(3,4)5/h9H,6-8,12H2,1-5H3,(H,13,14). The third-order valence-electron chi connectivity index (χ3n) is 2.67. The number of hydrazine groups is 1. The summed E-state index contributed by atoms with van der Waals surface area (Å²) in [7, 11) is 0. The zero-order chi connectivity index (χ0) is 11.2. The number of nitrogens with one attached hydrogen (secondary N) is 1. The fourth-order valence-corrected chi connectivity index (χ4v) is 1.01. The number of nitrogens with zero attached hydrogens (tertiary/aromatic N) is 1. The molecule has 0 aliphatic heterocycles. The molecule has 0 fully saturated rings. The molecule has 3 nitrogen and oxygen atoms in total. The van der Waals surface area contributed by atoms with E-state index >= 15 is 0 Å². The molecule has 1 atom stereocenters. The maximum absolute atomic E-state index is 5.42. The number of amidine groups is 1. The fourth-order valence-electron chi connectivity index (χ4n) is 1.01. The van der Waals surface area contributed by atoms with Gasteiger partial charge in [0.1, 0.15) is 5.84 Å². The van der Waals surface area contributed by atoms with Gasteiger partial charge in [0.15, 0.2) is 0 Å². The normalized spacial score (nSPS) is 15.4. The highest BCUT2D eigenvalue weighted by Crippen LogP contribution is 2.27. The topological polar surface area (TPSA) is 50.4 Å². The van der Waals surface area contributed by atoms with Gasteiger partial charge in [-0.15, -0.1) is 0 Å². The Morgan fingerprint density at radius 3 is 2.36 bits per heavy atom. The van der Waals surface area contributed by atoms with Gasteiger partial charge in [0.2, 0.25) is 0 Å². The SMILES string of the molecule is CCCN=C(CC(C)C(C)(C)C)NN. The molecule has 0 aromatic carbocycles. The minimum absolute atomic E-state index is 0.309. The molecule has 0 heterocycles. The van der Waals surface area contributed by atoms with Crippen LogP contribution in [0.2, 0.25) is 0 Å². The average Bonchev–Trinajstić information content (AvgIpc) is 2.10. The fraction of sp³-hybridized carbons (Fsp3) is 0.909. The molecule has 1 unspecified atom stereocenters. The Bertz CT molecular complexity index is 179. The predicted octanol–water partition coefficient (Wildman–Crippen LogP) is 2.33. The minimum Gasteiger partial charge on any atom is -0.312 e. The molecule has 0 aliphatic rings. The van der Waals surface area contributed by atoms with Crippen molar-refractivity contribution in [3.05, 3.63) is 0 Å². The average molecular weight is 199 g/mol. The summed E-state index contributed by atoms with van der Waals surface area (Å²) in [6.45, 7) is 11.9. The van der Waals surface area contributed by atoms with E-state index in [4.69, 9.17) is 5.84 Å². The van der Waals surface area contributed by atoms with E-state index in [-0.39, 0.29) is 0 Å². The molecule has 84 valence electrons. The lowest BCUT2D eigenvalue weighted by molar-refractivity contribution is 0.268. The van der Waals surface area contributed by atoms with Gasteiger partial charge < -0.3 is 5.43 Å². The second kappa shape index (κ2) is 6.02. The zero-order valence-corrected chi connectivity index (χ0v) is 10.2. The van der Waals surface area contributed by atoms with E-state index in [2.05, 4.69) is 45.0 Å². The Morgan fingerprint density at radius 2 is 2.00 bits per heavy atom. The first-order valence-electron chi connectivity index (χ1n) is 5.41. The van der Waals surface area contributed by atoms with E-state index in [9.17, 15) is 0 Å². The lowest BCUT2D eigenvalue weighted by Gasteiger charge is -2.27. The van der Waals surface area contributed by atoms with Gasteiger partial charge in [-0.2, -0.15) is 0 Å². The molecule has 0 aliphatic carbocycles. The number of aliphatic imine (C=N–C) groups is 1. The number of hydrogen-bond acceptors (Lipinski definition) is 2. The molecule has 0 bridgehead atoms. The van der Waals surface area contributed by atoms with Crippen molar-refractivity contribution in [1.29, 1.82) is 0 Å². The summed E-state index contributed by atoms with van der Waals surface area (Å²) < 4.78 is 0. The lowest BCUT2D eigenvalue weighted by Crippen LogP contribution is -2.34. The van der Waals surface area contributed by atoms with Gasteiger partial charge >= 0.3 is 0 Å². The Labute approximate surface area is 88.1 Å². The quantitative estimate of drug-likeness (QED) is 0.316. The van der Waals surface area contributed by atoms with Crippen LogP contribution in [0, 0.1) is 11.3 Å². The van der Waals surface area contributed by atoms with Crippen molar-refractivity contribution < 1.29 is 0 Å². The van der Waals surface area contributed by atoms with Gasteiger partial charge in [-0.3, -0.25) is 4.99 Å².